The summed E-state index contributed by atoms with van der Waals surface area (Å²) in [5, 5.41) is 0. The van der Waals surface area contributed by atoms with E-state index in [9.17, 15) is 0 Å². The molecular formula is C26H37NO5. The molecule has 0 unspecified atom stereocenters. The van der Waals surface area contributed by atoms with E-state index in [-0.39, 0.29) is 18.3 Å². The van der Waals surface area contributed by atoms with Gasteiger partial charge in [0.05, 0.1) is 32.0 Å². The fraction of sp³-hybridized carbons (Fsp3) is 0.538. The van der Waals surface area contributed by atoms with Gasteiger partial charge in [-0.15, -0.1) is 0 Å². The number of hydrogen-bond donors (Lipinski definition) is 1. The van der Waals surface area contributed by atoms with Crippen LogP contribution in [-0.2, 0) is 36.9 Å². The third-order valence-electron chi connectivity index (χ3n) is 5.58. The van der Waals surface area contributed by atoms with Crippen molar-refractivity contribution in [3.05, 3.63) is 71.8 Å². The zero-order valence-corrected chi connectivity index (χ0v) is 19.1. The number of ether oxygens (including phenoxy) is 5. The summed E-state index contributed by atoms with van der Waals surface area (Å²) in [6, 6.07) is 20.3. The Balaban J connectivity index is 1.59. The normalized spacial score (nSPS) is 23.3. The molecule has 1 fully saturated rings. The Kier molecular flexibility index (Phi) is 11.2. The van der Waals surface area contributed by atoms with Crippen molar-refractivity contribution in [2.75, 3.05) is 26.9 Å². The summed E-state index contributed by atoms with van der Waals surface area (Å²) in [5.41, 5.74) is 7.78. The van der Waals surface area contributed by atoms with Crippen molar-refractivity contribution in [3.63, 3.8) is 0 Å². The first kappa shape index (κ1) is 24.8. The number of methoxy groups -OCH3 is 1. The van der Waals surface area contributed by atoms with Crippen LogP contribution in [0.15, 0.2) is 60.7 Å². The number of unbranched alkanes of at least 4 members (excludes halogenated alkanes) is 2. The summed E-state index contributed by atoms with van der Waals surface area (Å²) in [5.74, 6) is 0. The lowest BCUT2D eigenvalue weighted by Gasteiger charge is -2.40. The van der Waals surface area contributed by atoms with Crippen LogP contribution in [0.3, 0.4) is 0 Å². The van der Waals surface area contributed by atoms with Gasteiger partial charge in [0.15, 0.2) is 6.29 Å². The van der Waals surface area contributed by atoms with Crippen LogP contribution in [0, 0.1) is 0 Å². The number of benzene rings is 2. The summed E-state index contributed by atoms with van der Waals surface area (Å²) >= 11 is 0. The van der Waals surface area contributed by atoms with Crippen molar-refractivity contribution < 1.29 is 23.7 Å². The number of nitrogens with two attached hydrogens (primary N) is 1. The second-order valence-electron chi connectivity index (χ2n) is 8.12. The van der Waals surface area contributed by atoms with E-state index in [2.05, 4.69) is 12.1 Å². The molecular weight excluding hydrogens is 406 g/mol. The fourth-order valence-electron chi connectivity index (χ4n) is 3.82. The molecule has 0 amide bonds. The van der Waals surface area contributed by atoms with Crippen LogP contribution >= 0.6 is 0 Å². The maximum absolute atomic E-state index is 6.34. The van der Waals surface area contributed by atoms with E-state index in [0.717, 1.165) is 36.9 Å². The minimum atomic E-state index is -0.515. The summed E-state index contributed by atoms with van der Waals surface area (Å²) in [7, 11) is 1.65. The van der Waals surface area contributed by atoms with Crippen LogP contribution in [0.4, 0.5) is 0 Å². The third kappa shape index (κ3) is 8.28. The molecule has 0 bridgehead atoms. The van der Waals surface area contributed by atoms with Crippen molar-refractivity contribution in [1.29, 1.82) is 0 Å². The standard InChI is InChI=1S/C26H37NO5/c1-28-26-25(31-19-22-13-7-3-8-14-22)24(30-18-21-11-5-2-6-12-21)17-23(32-26)20-29-16-10-4-9-15-27/h2-3,5-8,11-14,23-26H,4,9-10,15-20,27H2,1H3/t23-,24-,25+,26+/m0/s1. The van der Waals surface area contributed by atoms with Crippen molar-refractivity contribution in [2.45, 2.75) is 63.5 Å². The maximum atomic E-state index is 6.34. The molecule has 1 saturated heterocycles. The van der Waals surface area contributed by atoms with E-state index in [1.165, 1.54) is 0 Å². The van der Waals surface area contributed by atoms with Gasteiger partial charge < -0.3 is 29.4 Å². The van der Waals surface area contributed by atoms with Crippen LogP contribution in [0.5, 0.6) is 0 Å². The maximum Gasteiger partial charge on any atom is 0.186 e. The van der Waals surface area contributed by atoms with Gasteiger partial charge in [-0.3, -0.25) is 0 Å². The molecule has 1 aliphatic rings. The molecule has 6 heteroatoms. The van der Waals surface area contributed by atoms with Gasteiger partial charge in [0.2, 0.25) is 0 Å². The van der Waals surface area contributed by atoms with Crippen molar-refractivity contribution in [3.8, 4) is 0 Å². The van der Waals surface area contributed by atoms with Gasteiger partial charge in [-0.05, 0) is 36.9 Å². The Morgan fingerprint density at radius 3 is 2.16 bits per heavy atom. The molecule has 32 heavy (non-hydrogen) atoms. The first-order valence-corrected chi connectivity index (χ1v) is 11.6. The van der Waals surface area contributed by atoms with E-state index in [4.69, 9.17) is 29.4 Å². The van der Waals surface area contributed by atoms with Crippen molar-refractivity contribution >= 4 is 0 Å². The number of rotatable bonds is 14. The highest BCUT2D eigenvalue weighted by atomic mass is 16.7. The minimum Gasteiger partial charge on any atom is -0.379 e. The predicted molar refractivity (Wildman–Crippen MR) is 124 cm³/mol. The van der Waals surface area contributed by atoms with Crippen LogP contribution in [-0.4, -0.2) is 51.5 Å². The van der Waals surface area contributed by atoms with Gasteiger partial charge >= 0.3 is 0 Å². The molecule has 1 heterocycles. The predicted octanol–water partition coefficient (Wildman–Crippen LogP) is 4.06. The molecule has 0 radical (unpaired) electrons. The highest BCUT2D eigenvalue weighted by Crippen LogP contribution is 2.28. The van der Waals surface area contributed by atoms with Crippen molar-refractivity contribution in [1.82, 2.24) is 0 Å². The Morgan fingerprint density at radius 1 is 0.875 bits per heavy atom. The van der Waals surface area contributed by atoms with E-state index in [1.54, 1.807) is 7.11 Å². The average molecular weight is 444 g/mol. The SMILES string of the molecule is CO[C@@H]1O[C@H](COCCCCCN)C[C@H](OCc2ccccc2)[C@H]1OCc1ccccc1. The summed E-state index contributed by atoms with van der Waals surface area (Å²) in [6.45, 7) is 2.94. The van der Waals surface area contributed by atoms with Gasteiger partial charge in [-0.2, -0.15) is 0 Å². The van der Waals surface area contributed by atoms with Crippen LogP contribution in [0.2, 0.25) is 0 Å². The molecule has 0 aromatic heterocycles. The average Bonchev–Trinajstić information content (AvgIpc) is 2.85. The largest absolute Gasteiger partial charge is 0.379 e. The van der Waals surface area contributed by atoms with Crippen LogP contribution in [0.25, 0.3) is 0 Å². The fourth-order valence-corrected chi connectivity index (χ4v) is 3.82. The van der Waals surface area contributed by atoms with Crippen LogP contribution in [0.1, 0.15) is 36.8 Å². The molecule has 2 aromatic rings. The monoisotopic (exact) mass is 443 g/mol. The second-order valence-corrected chi connectivity index (χ2v) is 8.12. The van der Waals surface area contributed by atoms with Gasteiger partial charge in [0.1, 0.15) is 6.10 Å². The highest BCUT2D eigenvalue weighted by Gasteiger charge is 2.40. The zero-order valence-electron chi connectivity index (χ0n) is 19.1. The molecule has 1 aliphatic heterocycles. The first-order chi connectivity index (χ1) is 15.8. The zero-order chi connectivity index (χ0) is 22.4. The Hall–Kier alpha value is -1.80. The van der Waals surface area contributed by atoms with Gasteiger partial charge in [0, 0.05) is 20.1 Å². The molecule has 2 aromatic carbocycles. The first-order valence-electron chi connectivity index (χ1n) is 11.6. The third-order valence-corrected chi connectivity index (χ3v) is 5.58. The molecule has 3 rings (SSSR count). The lowest BCUT2D eigenvalue weighted by Crippen LogP contribution is -2.52. The topological polar surface area (TPSA) is 72.2 Å². The molecule has 176 valence electrons. The Bertz CT molecular complexity index is 730. The molecule has 0 aliphatic carbocycles. The lowest BCUT2D eigenvalue weighted by atomic mass is 10.0. The van der Waals surface area contributed by atoms with Gasteiger partial charge in [-0.1, -0.05) is 60.7 Å². The second kappa shape index (κ2) is 14.4. The van der Waals surface area contributed by atoms with Crippen molar-refractivity contribution in [2.24, 2.45) is 5.73 Å². The lowest BCUT2D eigenvalue weighted by molar-refractivity contribution is -0.285. The van der Waals surface area contributed by atoms with E-state index < -0.39 is 6.29 Å². The Labute approximate surface area is 191 Å². The quantitative estimate of drug-likeness (QED) is 0.444. The smallest absolute Gasteiger partial charge is 0.186 e. The number of hydrogen-bond acceptors (Lipinski definition) is 6. The highest BCUT2D eigenvalue weighted by molar-refractivity contribution is 5.14. The molecule has 6 nitrogen and oxygen atoms in total. The van der Waals surface area contributed by atoms with Crippen LogP contribution < -0.4 is 5.73 Å². The summed E-state index contributed by atoms with van der Waals surface area (Å²) < 4.78 is 30.3. The van der Waals surface area contributed by atoms with Gasteiger partial charge in [0.25, 0.3) is 0 Å². The molecule has 0 saturated carbocycles. The Morgan fingerprint density at radius 2 is 1.53 bits per heavy atom. The summed E-state index contributed by atoms with van der Waals surface area (Å²) in [6.07, 6.45) is 2.70. The molecule has 4 atom stereocenters. The molecule has 0 spiro atoms. The van der Waals surface area contributed by atoms with E-state index in [0.29, 0.717) is 32.8 Å². The van der Waals surface area contributed by atoms with E-state index in [1.807, 2.05) is 48.5 Å². The van der Waals surface area contributed by atoms with E-state index >= 15 is 0 Å². The summed E-state index contributed by atoms with van der Waals surface area (Å²) in [4.78, 5) is 0. The molecule has 2 N–H and O–H groups in total. The van der Waals surface area contributed by atoms with Gasteiger partial charge in [-0.25, -0.2) is 0 Å². The minimum absolute atomic E-state index is 0.105.